The van der Waals surface area contributed by atoms with Crippen molar-refractivity contribution in [2.24, 2.45) is 0 Å². The van der Waals surface area contributed by atoms with Crippen molar-refractivity contribution in [2.75, 3.05) is 11.4 Å². The van der Waals surface area contributed by atoms with Crippen LogP contribution in [0.1, 0.15) is 50.3 Å². The van der Waals surface area contributed by atoms with Gasteiger partial charge in [-0.2, -0.15) is 5.10 Å². The van der Waals surface area contributed by atoms with Gasteiger partial charge in [0.1, 0.15) is 5.82 Å². The highest BCUT2D eigenvalue weighted by atomic mass is 32.2. The van der Waals surface area contributed by atoms with Crippen LogP contribution < -0.4 is 9.62 Å². The number of sulfonamides is 1. The van der Waals surface area contributed by atoms with Crippen LogP contribution >= 0.6 is 0 Å². The first-order valence-corrected chi connectivity index (χ1v) is 10.8. The minimum absolute atomic E-state index is 0.0806. The third-order valence-electron chi connectivity index (χ3n) is 5.06. The second kappa shape index (κ2) is 7.05. The first-order chi connectivity index (χ1) is 13.0. The van der Waals surface area contributed by atoms with Crippen LogP contribution in [0.25, 0.3) is 0 Å². The van der Waals surface area contributed by atoms with E-state index in [1.807, 2.05) is 6.92 Å². The fourth-order valence-corrected chi connectivity index (χ4v) is 4.87. The zero-order valence-electron chi connectivity index (χ0n) is 15.3. The maximum absolute atomic E-state index is 12.8. The van der Waals surface area contributed by atoms with E-state index in [4.69, 9.17) is 0 Å². The van der Waals surface area contributed by atoms with E-state index in [0.29, 0.717) is 25.2 Å². The molecule has 0 aliphatic carbocycles. The first-order valence-electron chi connectivity index (χ1n) is 9.34. The number of amides is 1. The summed E-state index contributed by atoms with van der Waals surface area (Å²) in [5.74, 6) is 1.49. The molecule has 1 amide bonds. The molecule has 4 rings (SSSR count). The molecule has 8 nitrogen and oxygen atoms in total. The maximum atomic E-state index is 12.8. The SMILES string of the molecule is CCc1nc2n(n1)CCC[C@H]2NS(=O)(=O)c1ccc(N2CCCC2=O)cc1. The molecule has 1 fully saturated rings. The van der Waals surface area contributed by atoms with Crippen molar-refractivity contribution in [3.63, 3.8) is 0 Å². The number of fused-ring (bicyclic) bond motifs is 1. The number of carbonyl (C=O) groups excluding carboxylic acids is 1. The second-order valence-electron chi connectivity index (χ2n) is 6.92. The number of carbonyl (C=O) groups is 1. The number of hydrogen-bond donors (Lipinski definition) is 1. The van der Waals surface area contributed by atoms with E-state index in [1.165, 1.54) is 0 Å². The number of anilines is 1. The molecule has 1 aromatic carbocycles. The third-order valence-corrected chi connectivity index (χ3v) is 6.55. The standard InChI is InChI=1S/C18H23N5O3S/c1-2-16-19-18-15(5-3-12-23(18)20-16)21-27(25,26)14-9-7-13(8-10-14)22-11-4-6-17(22)24/h7-10,15,21H,2-6,11-12H2,1H3/t15-/m1/s1. The first kappa shape index (κ1) is 18.1. The average Bonchev–Trinajstić information content (AvgIpc) is 3.28. The van der Waals surface area contributed by atoms with Crippen LogP contribution in [0, 0.1) is 0 Å². The summed E-state index contributed by atoms with van der Waals surface area (Å²) in [6.45, 7) is 3.42. The van der Waals surface area contributed by atoms with E-state index in [1.54, 1.807) is 33.8 Å². The van der Waals surface area contributed by atoms with Crippen molar-refractivity contribution in [1.29, 1.82) is 0 Å². The van der Waals surface area contributed by atoms with Crippen LogP contribution in [0.15, 0.2) is 29.2 Å². The molecule has 1 aromatic heterocycles. The molecule has 2 aliphatic rings. The normalized spacial score (nSPS) is 20.1. The Hall–Kier alpha value is -2.26. The Kier molecular flexibility index (Phi) is 4.73. The predicted octanol–water partition coefficient (Wildman–Crippen LogP) is 1.78. The zero-order chi connectivity index (χ0) is 19.0. The van der Waals surface area contributed by atoms with Crippen LogP contribution in [0.5, 0.6) is 0 Å². The molecule has 144 valence electrons. The van der Waals surface area contributed by atoms with E-state index in [2.05, 4.69) is 14.8 Å². The summed E-state index contributed by atoms with van der Waals surface area (Å²) in [6.07, 6.45) is 3.65. The van der Waals surface area contributed by atoms with Gasteiger partial charge in [0.15, 0.2) is 5.82 Å². The van der Waals surface area contributed by atoms with Crippen LogP contribution in [0.3, 0.4) is 0 Å². The lowest BCUT2D eigenvalue weighted by Crippen LogP contribution is -2.33. The van der Waals surface area contributed by atoms with Crippen molar-refractivity contribution >= 4 is 21.6 Å². The van der Waals surface area contributed by atoms with Gasteiger partial charge in [0.05, 0.1) is 10.9 Å². The maximum Gasteiger partial charge on any atom is 0.241 e. The van der Waals surface area contributed by atoms with Crippen LogP contribution in [0.4, 0.5) is 5.69 Å². The number of nitrogens with one attached hydrogen (secondary N) is 1. The lowest BCUT2D eigenvalue weighted by molar-refractivity contribution is -0.117. The molecule has 0 radical (unpaired) electrons. The van der Waals surface area contributed by atoms with Gasteiger partial charge in [-0.1, -0.05) is 6.92 Å². The number of benzene rings is 1. The van der Waals surface area contributed by atoms with Gasteiger partial charge < -0.3 is 4.90 Å². The van der Waals surface area contributed by atoms with Gasteiger partial charge in [0.2, 0.25) is 15.9 Å². The third kappa shape index (κ3) is 3.49. The van der Waals surface area contributed by atoms with Gasteiger partial charge in [0, 0.05) is 31.6 Å². The summed E-state index contributed by atoms with van der Waals surface area (Å²) in [4.78, 5) is 18.2. The molecule has 0 spiro atoms. The fourth-order valence-electron chi connectivity index (χ4n) is 3.64. The molecule has 2 aromatic rings. The highest BCUT2D eigenvalue weighted by molar-refractivity contribution is 7.89. The molecule has 1 saturated heterocycles. The summed E-state index contributed by atoms with van der Waals surface area (Å²) >= 11 is 0. The molecule has 27 heavy (non-hydrogen) atoms. The zero-order valence-corrected chi connectivity index (χ0v) is 16.1. The lowest BCUT2D eigenvalue weighted by atomic mass is 10.1. The summed E-state index contributed by atoms with van der Waals surface area (Å²) < 4.78 is 30.2. The van der Waals surface area contributed by atoms with Gasteiger partial charge in [0.25, 0.3) is 0 Å². The fraction of sp³-hybridized carbons (Fsp3) is 0.500. The van der Waals surface area contributed by atoms with Crippen LogP contribution in [-0.4, -0.2) is 35.6 Å². The van der Waals surface area contributed by atoms with Crippen molar-refractivity contribution in [1.82, 2.24) is 19.5 Å². The van der Waals surface area contributed by atoms with E-state index in [-0.39, 0.29) is 16.8 Å². The topological polar surface area (TPSA) is 97.2 Å². The molecular formula is C18H23N5O3S. The molecule has 0 unspecified atom stereocenters. The molecule has 2 aliphatic heterocycles. The van der Waals surface area contributed by atoms with Gasteiger partial charge in [-0.15, -0.1) is 0 Å². The Labute approximate surface area is 158 Å². The molecule has 1 N–H and O–H groups in total. The smallest absolute Gasteiger partial charge is 0.241 e. The number of aromatic nitrogens is 3. The number of hydrogen-bond acceptors (Lipinski definition) is 5. The molecule has 0 saturated carbocycles. The number of aryl methyl sites for hydroxylation is 2. The Morgan fingerprint density at radius 1 is 1.19 bits per heavy atom. The molecule has 1 atom stereocenters. The van der Waals surface area contributed by atoms with Crippen LogP contribution in [0.2, 0.25) is 0 Å². The van der Waals surface area contributed by atoms with E-state index in [9.17, 15) is 13.2 Å². The molecule has 3 heterocycles. The monoisotopic (exact) mass is 389 g/mol. The Morgan fingerprint density at radius 2 is 1.96 bits per heavy atom. The Morgan fingerprint density at radius 3 is 2.63 bits per heavy atom. The van der Waals surface area contributed by atoms with Gasteiger partial charge >= 0.3 is 0 Å². The number of rotatable bonds is 5. The van der Waals surface area contributed by atoms with Crippen molar-refractivity contribution in [3.8, 4) is 0 Å². The highest BCUT2D eigenvalue weighted by Crippen LogP contribution is 2.27. The van der Waals surface area contributed by atoms with Gasteiger partial charge in [-0.3, -0.25) is 4.79 Å². The summed E-state index contributed by atoms with van der Waals surface area (Å²) in [6, 6.07) is 6.10. The van der Waals surface area contributed by atoms with Gasteiger partial charge in [-0.25, -0.2) is 22.8 Å². The van der Waals surface area contributed by atoms with E-state index >= 15 is 0 Å². The molecule has 0 bridgehead atoms. The molecular weight excluding hydrogens is 366 g/mol. The predicted molar refractivity (Wildman–Crippen MR) is 99.7 cm³/mol. The largest absolute Gasteiger partial charge is 0.312 e. The quantitative estimate of drug-likeness (QED) is 0.841. The van der Waals surface area contributed by atoms with Crippen molar-refractivity contribution < 1.29 is 13.2 Å². The summed E-state index contributed by atoms with van der Waals surface area (Å²) in [7, 11) is -3.69. The minimum Gasteiger partial charge on any atom is -0.312 e. The summed E-state index contributed by atoms with van der Waals surface area (Å²) in [5.41, 5.74) is 0.737. The Balaban J connectivity index is 1.54. The van der Waals surface area contributed by atoms with Gasteiger partial charge in [-0.05, 0) is 43.5 Å². The highest BCUT2D eigenvalue weighted by Gasteiger charge is 2.29. The summed E-state index contributed by atoms with van der Waals surface area (Å²) in [5, 5.41) is 4.42. The minimum atomic E-state index is -3.69. The van der Waals surface area contributed by atoms with E-state index in [0.717, 1.165) is 37.3 Å². The van der Waals surface area contributed by atoms with Crippen molar-refractivity contribution in [3.05, 3.63) is 35.9 Å². The second-order valence-corrected chi connectivity index (χ2v) is 8.64. The number of nitrogens with zero attached hydrogens (tertiary/aromatic N) is 4. The average molecular weight is 389 g/mol. The van der Waals surface area contributed by atoms with Crippen LogP contribution in [-0.2, 0) is 27.8 Å². The molecule has 9 heteroatoms. The van der Waals surface area contributed by atoms with Crippen molar-refractivity contribution in [2.45, 2.75) is 56.5 Å². The Bertz CT molecular complexity index is 952. The lowest BCUT2D eigenvalue weighted by Gasteiger charge is -2.23. The van der Waals surface area contributed by atoms with E-state index < -0.39 is 10.0 Å².